The van der Waals surface area contributed by atoms with E-state index in [9.17, 15) is 4.39 Å². The summed E-state index contributed by atoms with van der Waals surface area (Å²) in [5, 5.41) is 8.68. The Hall–Kier alpha value is -3.25. The van der Waals surface area contributed by atoms with Gasteiger partial charge in [-0.1, -0.05) is 35.9 Å². The molecule has 2 aromatic heterocycles. The van der Waals surface area contributed by atoms with Gasteiger partial charge in [0.25, 0.3) is 0 Å². The second kappa shape index (κ2) is 6.97. The van der Waals surface area contributed by atoms with E-state index >= 15 is 0 Å². The number of pyridine rings is 1. The number of amidine groups is 1. The minimum Gasteiger partial charge on any atom is -0.368 e. The number of nitrogens with one attached hydrogen (secondary N) is 1. The highest BCUT2D eigenvalue weighted by Gasteiger charge is 2.22. The third kappa shape index (κ3) is 3.15. The molecule has 4 aromatic rings. The number of aryl methyl sites for hydroxylation is 1. The van der Waals surface area contributed by atoms with Gasteiger partial charge in [0.2, 0.25) is 0 Å². The van der Waals surface area contributed by atoms with Gasteiger partial charge < -0.3 is 5.32 Å². The van der Waals surface area contributed by atoms with Crippen LogP contribution in [-0.2, 0) is 0 Å². The summed E-state index contributed by atoms with van der Waals surface area (Å²) in [7, 11) is 0. The van der Waals surface area contributed by atoms with Crippen LogP contribution in [0.4, 0.5) is 4.39 Å². The van der Waals surface area contributed by atoms with Gasteiger partial charge in [0.15, 0.2) is 11.5 Å². The molecule has 29 heavy (non-hydrogen) atoms. The third-order valence-electron chi connectivity index (χ3n) is 4.94. The molecule has 7 heteroatoms. The highest BCUT2D eigenvalue weighted by molar-refractivity contribution is 6.30. The molecule has 1 N–H and O–H groups in total. The Bertz CT molecular complexity index is 1260. The maximum absolute atomic E-state index is 13.5. The van der Waals surface area contributed by atoms with Gasteiger partial charge in [0.1, 0.15) is 11.7 Å². The summed E-state index contributed by atoms with van der Waals surface area (Å²) in [6, 6.07) is 16.0. The van der Waals surface area contributed by atoms with Crippen molar-refractivity contribution in [2.24, 2.45) is 4.99 Å². The maximum Gasteiger partial charge on any atom is 0.182 e. The zero-order valence-corrected chi connectivity index (χ0v) is 16.4. The molecule has 2 aromatic carbocycles. The first-order valence-electron chi connectivity index (χ1n) is 9.31. The van der Waals surface area contributed by atoms with Gasteiger partial charge in [0.05, 0.1) is 12.1 Å². The number of hydrogen-bond acceptors (Lipinski definition) is 4. The number of nitrogens with zero attached hydrogens (tertiary/aromatic N) is 4. The van der Waals surface area contributed by atoms with E-state index in [4.69, 9.17) is 21.7 Å². The van der Waals surface area contributed by atoms with Gasteiger partial charge >= 0.3 is 0 Å². The summed E-state index contributed by atoms with van der Waals surface area (Å²) in [6.45, 7) is 3.45. The Kier molecular flexibility index (Phi) is 4.28. The smallest absolute Gasteiger partial charge is 0.182 e. The Balaban J connectivity index is 1.79. The van der Waals surface area contributed by atoms with Crippen molar-refractivity contribution in [1.29, 1.82) is 0 Å². The van der Waals surface area contributed by atoms with Crippen molar-refractivity contribution >= 4 is 23.1 Å². The fraction of sp³-hybridized carbons (Fsp3) is 0.136. The van der Waals surface area contributed by atoms with Crippen molar-refractivity contribution < 1.29 is 4.39 Å². The molecule has 0 bridgehead atoms. The highest BCUT2D eigenvalue weighted by Crippen LogP contribution is 2.30. The first-order chi connectivity index (χ1) is 14.1. The van der Waals surface area contributed by atoms with Gasteiger partial charge in [-0.15, -0.1) is 5.10 Å². The first kappa shape index (κ1) is 17.8. The molecule has 1 aliphatic heterocycles. The van der Waals surface area contributed by atoms with Crippen LogP contribution in [-0.4, -0.2) is 33.5 Å². The van der Waals surface area contributed by atoms with Crippen molar-refractivity contribution in [3.63, 3.8) is 0 Å². The van der Waals surface area contributed by atoms with Crippen molar-refractivity contribution in [1.82, 2.24) is 19.9 Å². The summed E-state index contributed by atoms with van der Waals surface area (Å²) in [5.74, 6) is 1.10. The van der Waals surface area contributed by atoms with Crippen LogP contribution in [0.3, 0.4) is 0 Å². The molecule has 3 heterocycles. The van der Waals surface area contributed by atoms with Crippen LogP contribution >= 0.6 is 11.6 Å². The van der Waals surface area contributed by atoms with Crippen LogP contribution in [0.25, 0.3) is 28.2 Å². The zero-order valence-electron chi connectivity index (χ0n) is 15.7. The lowest BCUT2D eigenvalue weighted by Crippen LogP contribution is -2.21. The van der Waals surface area contributed by atoms with E-state index in [0.717, 1.165) is 40.3 Å². The van der Waals surface area contributed by atoms with Gasteiger partial charge in [-0.3, -0.25) is 4.99 Å². The van der Waals surface area contributed by atoms with E-state index in [1.54, 1.807) is 12.1 Å². The molecule has 0 aliphatic carbocycles. The number of fused-ring (bicyclic) bond motifs is 1. The molecular formula is C22H17ClFN5. The Morgan fingerprint density at radius 3 is 2.62 bits per heavy atom. The molecule has 0 saturated carbocycles. The average Bonchev–Trinajstić information content (AvgIpc) is 3.39. The van der Waals surface area contributed by atoms with Gasteiger partial charge in [0, 0.05) is 22.8 Å². The third-order valence-corrected chi connectivity index (χ3v) is 5.17. The lowest BCUT2D eigenvalue weighted by Gasteiger charge is -2.13. The maximum atomic E-state index is 13.5. The van der Waals surface area contributed by atoms with Crippen molar-refractivity contribution in [2.75, 3.05) is 13.1 Å². The first-order valence-corrected chi connectivity index (χ1v) is 9.69. The van der Waals surface area contributed by atoms with Crippen LogP contribution in [0, 0.1) is 12.7 Å². The number of halogens is 2. The van der Waals surface area contributed by atoms with Gasteiger partial charge in [-0.05, 0) is 48.4 Å². The van der Waals surface area contributed by atoms with Gasteiger partial charge in [-0.2, -0.15) is 0 Å². The summed E-state index contributed by atoms with van der Waals surface area (Å²) in [6.07, 6.45) is 0. The number of benzene rings is 2. The van der Waals surface area contributed by atoms with E-state index in [1.807, 2.05) is 41.8 Å². The second-order valence-electron chi connectivity index (χ2n) is 6.92. The lowest BCUT2D eigenvalue weighted by atomic mass is 9.99. The topological polar surface area (TPSA) is 54.6 Å². The largest absolute Gasteiger partial charge is 0.368 e. The molecule has 0 fully saturated rings. The molecule has 1 aliphatic rings. The monoisotopic (exact) mass is 405 g/mol. The molecule has 5 rings (SSSR count). The summed E-state index contributed by atoms with van der Waals surface area (Å²) in [4.78, 5) is 9.45. The molecular weight excluding hydrogens is 389 g/mol. The van der Waals surface area contributed by atoms with Crippen molar-refractivity contribution in [3.05, 3.63) is 76.7 Å². The van der Waals surface area contributed by atoms with Crippen LogP contribution in [0.1, 0.15) is 11.3 Å². The highest BCUT2D eigenvalue weighted by atomic mass is 35.5. The van der Waals surface area contributed by atoms with E-state index in [2.05, 4.69) is 10.3 Å². The molecule has 0 amide bonds. The second-order valence-corrected chi connectivity index (χ2v) is 7.36. The normalized spacial score (nSPS) is 13.6. The van der Waals surface area contributed by atoms with Crippen LogP contribution < -0.4 is 5.32 Å². The molecule has 0 atom stereocenters. The number of rotatable bonds is 3. The molecule has 5 nitrogen and oxygen atoms in total. The van der Waals surface area contributed by atoms with E-state index in [1.165, 1.54) is 12.1 Å². The van der Waals surface area contributed by atoms with E-state index in [0.29, 0.717) is 23.0 Å². The van der Waals surface area contributed by atoms with Crippen LogP contribution in [0.5, 0.6) is 0 Å². The number of aromatic nitrogens is 3. The van der Waals surface area contributed by atoms with E-state index < -0.39 is 0 Å². The van der Waals surface area contributed by atoms with E-state index in [-0.39, 0.29) is 5.82 Å². The number of aliphatic imine (C=N–C) groups is 1. The van der Waals surface area contributed by atoms with Crippen molar-refractivity contribution in [3.8, 4) is 22.5 Å². The average molecular weight is 406 g/mol. The van der Waals surface area contributed by atoms with Crippen LogP contribution in [0.15, 0.2) is 59.6 Å². The molecule has 144 valence electrons. The molecule has 0 saturated heterocycles. The predicted octanol–water partition coefficient (Wildman–Crippen LogP) is 4.51. The predicted molar refractivity (Wildman–Crippen MR) is 113 cm³/mol. The van der Waals surface area contributed by atoms with Crippen molar-refractivity contribution in [2.45, 2.75) is 6.92 Å². The quantitative estimate of drug-likeness (QED) is 0.545. The summed E-state index contributed by atoms with van der Waals surface area (Å²) < 4.78 is 15.3. The molecule has 0 spiro atoms. The standard InChI is InChI=1S/C22H17ClFN5/c1-13-11-18(14-5-7-17(24)8-6-14)19(21-25-9-10-26-21)22-27-20(28-29(13)22)15-3-2-4-16(23)12-15/h2-8,11-12H,9-10H2,1H3,(H,25,26). The number of hydrogen-bond donors (Lipinski definition) is 1. The Labute approximate surface area is 171 Å². The molecule has 0 unspecified atom stereocenters. The minimum absolute atomic E-state index is 0.268. The summed E-state index contributed by atoms with van der Waals surface area (Å²) in [5.41, 5.74) is 5.16. The Morgan fingerprint density at radius 1 is 1.07 bits per heavy atom. The fourth-order valence-corrected chi connectivity index (χ4v) is 3.78. The fourth-order valence-electron chi connectivity index (χ4n) is 3.59. The minimum atomic E-state index is -0.268. The summed E-state index contributed by atoms with van der Waals surface area (Å²) >= 11 is 6.16. The SMILES string of the molecule is Cc1cc(-c2ccc(F)cc2)c(C2=NCCN2)c2nc(-c3cccc(Cl)c3)nn12. The van der Waals surface area contributed by atoms with Gasteiger partial charge in [-0.25, -0.2) is 13.9 Å². The lowest BCUT2D eigenvalue weighted by molar-refractivity contribution is 0.628. The molecule has 0 radical (unpaired) electrons. The zero-order chi connectivity index (χ0) is 20.0. The Morgan fingerprint density at radius 2 is 1.90 bits per heavy atom. The van der Waals surface area contributed by atoms with Crippen LogP contribution in [0.2, 0.25) is 5.02 Å².